The molecule has 0 aliphatic rings. The van der Waals surface area contributed by atoms with E-state index in [0.29, 0.717) is 20.4 Å². The van der Waals surface area contributed by atoms with Crippen LogP contribution in [0.5, 0.6) is 0 Å². The van der Waals surface area contributed by atoms with Crippen molar-refractivity contribution in [2.75, 3.05) is 0 Å². The predicted octanol–water partition coefficient (Wildman–Crippen LogP) is 3.53. The molecule has 33 heavy (non-hydrogen) atoms. The lowest BCUT2D eigenvalue weighted by molar-refractivity contribution is -0.143. The third-order valence-electron chi connectivity index (χ3n) is 4.16. The van der Waals surface area contributed by atoms with E-state index in [1.54, 1.807) is 0 Å². The summed E-state index contributed by atoms with van der Waals surface area (Å²) in [6.07, 6.45) is 0.240. The Labute approximate surface area is 192 Å². The van der Waals surface area contributed by atoms with Gasteiger partial charge < -0.3 is 0 Å². The van der Waals surface area contributed by atoms with Crippen LogP contribution in [0.1, 0.15) is 26.5 Å². The normalized spacial score (nSPS) is 11.3. The van der Waals surface area contributed by atoms with Gasteiger partial charge in [0, 0.05) is 22.8 Å². The Hall–Kier alpha value is -3.84. The Bertz CT molecular complexity index is 1310. The summed E-state index contributed by atoms with van der Waals surface area (Å²) in [5.41, 5.74) is 2.34. The van der Waals surface area contributed by atoms with Crippen molar-refractivity contribution in [3.8, 4) is 16.4 Å². The zero-order valence-corrected chi connectivity index (χ0v) is 17.7. The van der Waals surface area contributed by atoms with Gasteiger partial charge in [-0.25, -0.2) is 9.67 Å². The molecule has 0 fully saturated rings. The Balaban J connectivity index is 1.51. The molecule has 0 saturated carbocycles. The van der Waals surface area contributed by atoms with Gasteiger partial charge in [-0.1, -0.05) is 11.6 Å². The molecule has 2 amide bonds. The van der Waals surface area contributed by atoms with Crippen molar-refractivity contribution < 1.29 is 22.8 Å². The minimum atomic E-state index is -4.91. The molecule has 168 valence electrons. The molecule has 3 aromatic heterocycles. The number of hydrogen-bond acceptors (Lipinski definition) is 7. The van der Waals surface area contributed by atoms with Crippen LogP contribution in [0.3, 0.4) is 0 Å². The number of halogens is 4. The first-order valence-electron chi connectivity index (χ1n) is 8.98. The van der Waals surface area contributed by atoms with Crippen LogP contribution in [0.15, 0.2) is 54.4 Å². The Kier molecular flexibility index (Phi) is 6.07. The molecule has 2 N–H and O–H groups in total. The molecular weight excluding hydrogens is 483 g/mol. The van der Waals surface area contributed by atoms with Crippen LogP contribution in [0.2, 0.25) is 5.02 Å². The van der Waals surface area contributed by atoms with E-state index < -0.39 is 29.2 Å². The first-order valence-corrected chi connectivity index (χ1v) is 10.2. The van der Waals surface area contributed by atoms with Gasteiger partial charge in [0.25, 0.3) is 11.8 Å². The van der Waals surface area contributed by atoms with Crippen LogP contribution in [0, 0.1) is 0 Å². The van der Waals surface area contributed by atoms with Gasteiger partial charge in [0.15, 0.2) is 5.69 Å². The summed E-state index contributed by atoms with van der Waals surface area (Å²) in [7, 11) is 0. The van der Waals surface area contributed by atoms with Crippen LogP contribution in [0.25, 0.3) is 16.4 Å². The van der Waals surface area contributed by atoms with Gasteiger partial charge >= 0.3 is 6.18 Å². The average molecular weight is 494 g/mol. The molecule has 0 atom stereocenters. The van der Waals surface area contributed by atoms with Gasteiger partial charge in [-0.15, -0.1) is 11.3 Å². The van der Waals surface area contributed by atoms with Crippen molar-refractivity contribution in [2.45, 2.75) is 6.18 Å². The number of hydrazine groups is 1. The van der Waals surface area contributed by atoms with Crippen LogP contribution in [-0.2, 0) is 6.18 Å². The maximum absolute atomic E-state index is 13.7. The summed E-state index contributed by atoms with van der Waals surface area (Å²) in [4.78, 5) is 36.8. The maximum Gasteiger partial charge on any atom is 0.434 e. The van der Waals surface area contributed by atoms with Crippen LogP contribution >= 0.6 is 22.9 Å². The van der Waals surface area contributed by atoms with E-state index in [2.05, 4.69) is 20.1 Å². The number of alkyl halides is 3. The SMILES string of the molecule is O=C(NNC(=O)c1cnn(-c2ccc(Cl)cc2)c1C(F)(F)F)c1csc(-c2cnccn2)n1. The van der Waals surface area contributed by atoms with E-state index in [1.807, 2.05) is 10.9 Å². The number of nitrogens with zero attached hydrogens (tertiary/aromatic N) is 5. The van der Waals surface area contributed by atoms with Crippen molar-refractivity contribution in [1.29, 1.82) is 0 Å². The van der Waals surface area contributed by atoms with E-state index in [0.717, 1.165) is 17.5 Å². The highest BCUT2D eigenvalue weighted by molar-refractivity contribution is 7.13. The number of hydrogen-bond donors (Lipinski definition) is 2. The number of carbonyl (C=O) groups is 2. The molecule has 0 aliphatic carbocycles. The molecule has 4 rings (SSSR count). The summed E-state index contributed by atoms with van der Waals surface area (Å²) in [5, 5.41) is 5.82. The molecular formula is C19H11ClF3N7O2S. The third kappa shape index (κ3) is 4.83. The number of benzene rings is 1. The van der Waals surface area contributed by atoms with Gasteiger partial charge in [0.1, 0.15) is 16.4 Å². The summed E-state index contributed by atoms with van der Waals surface area (Å²) >= 11 is 6.89. The number of nitrogens with one attached hydrogen (secondary N) is 2. The third-order valence-corrected chi connectivity index (χ3v) is 5.28. The fraction of sp³-hybridized carbons (Fsp3) is 0.0526. The van der Waals surface area contributed by atoms with Gasteiger partial charge in [-0.3, -0.25) is 30.4 Å². The first-order chi connectivity index (χ1) is 15.7. The average Bonchev–Trinajstić information content (AvgIpc) is 3.46. The molecule has 0 aliphatic heterocycles. The zero-order valence-electron chi connectivity index (χ0n) is 16.2. The van der Waals surface area contributed by atoms with Crippen LogP contribution < -0.4 is 10.9 Å². The summed E-state index contributed by atoms with van der Waals surface area (Å²) in [6, 6.07) is 5.43. The van der Waals surface area contributed by atoms with Crippen molar-refractivity contribution >= 4 is 34.8 Å². The highest BCUT2D eigenvalue weighted by Gasteiger charge is 2.40. The second kappa shape index (κ2) is 8.96. The van der Waals surface area contributed by atoms with Crippen LogP contribution in [-0.4, -0.2) is 36.5 Å². The van der Waals surface area contributed by atoms with Crippen molar-refractivity contribution in [3.05, 3.63) is 76.4 Å². The van der Waals surface area contributed by atoms with E-state index in [1.165, 1.54) is 48.2 Å². The van der Waals surface area contributed by atoms with Gasteiger partial charge in [0.2, 0.25) is 0 Å². The van der Waals surface area contributed by atoms with E-state index in [4.69, 9.17) is 11.6 Å². The Morgan fingerprint density at radius 3 is 2.42 bits per heavy atom. The Morgan fingerprint density at radius 1 is 1.03 bits per heavy atom. The van der Waals surface area contributed by atoms with Gasteiger partial charge in [-0.2, -0.15) is 18.3 Å². The molecule has 1 aromatic carbocycles. The fourth-order valence-corrected chi connectivity index (χ4v) is 3.60. The molecule has 0 unspecified atom stereocenters. The predicted molar refractivity (Wildman–Crippen MR) is 112 cm³/mol. The largest absolute Gasteiger partial charge is 0.434 e. The topological polar surface area (TPSA) is 115 Å². The number of aromatic nitrogens is 5. The van der Waals surface area contributed by atoms with E-state index >= 15 is 0 Å². The molecule has 4 aromatic rings. The lowest BCUT2D eigenvalue weighted by Crippen LogP contribution is -2.42. The molecule has 0 radical (unpaired) electrons. The number of amides is 2. The molecule has 0 saturated heterocycles. The molecule has 0 bridgehead atoms. The zero-order chi connectivity index (χ0) is 23.6. The van der Waals surface area contributed by atoms with E-state index in [-0.39, 0.29) is 11.4 Å². The van der Waals surface area contributed by atoms with Crippen LogP contribution in [0.4, 0.5) is 13.2 Å². The highest BCUT2D eigenvalue weighted by Crippen LogP contribution is 2.33. The molecule has 0 spiro atoms. The van der Waals surface area contributed by atoms with Crippen molar-refractivity contribution in [2.24, 2.45) is 0 Å². The fourth-order valence-electron chi connectivity index (χ4n) is 2.72. The second-order valence-electron chi connectivity index (χ2n) is 6.33. The molecule has 9 nitrogen and oxygen atoms in total. The monoisotopic (exact) mass is 493 g/mol. The lowest BCUT2D eigenvalue weighted by atomic mass is 10.2. The van der Waals surface area contributed by atoms with Gasteiger partial charge in [0.05, 0.1) is 23.6 Å². The number of rotatable bonds is 4. The number of carbonyl (C=O) groups excluding carboxylic acids is 2. The van der Waals surface area contributed by atoms with Crippen molar-refractivity contribution in [3.63, 3.8) is 0 Å². The molecule has 3 heterocycles. The summed E-state index contributed by atoms with van der Waals surface area (Å²) in [6.45, 7) is 0. The van der Waals surface area contributed by atoms with Gasteiger partial charge in [-0.05, 0) is 24.3 Å². The smallest absolute Gasteiger partial charge is 0.267 e. The minimum Gasteiger partial charge on any atom is -0.267 e. The Morgan fingerprint density at radius 2 is 1.76 bits per heavy atom. The number of thiazole rings is 1. The molecule has 14 heteroatoms. The summed E-state index contributed by atoms with van der Waals surface area (Å²) < 4.78 is 41.7. The standard InChI is InChI=1S/C19H11ClF3N7O2S/c20-10-1-3-11(4-2-10)30-15(19(21,22)23)12(7-26-30)16(31)28-29-17(32)14-9-33-18(27-14)13-8-24-5-6-25-13/h1-9H,(H,28,31)(H,29,32). The van der Waals surface area contributed by atoms with Crippen molar-refractivity contribution in [1.82, 2.24) is 35.6 Å². The minimum absolute atomic E-state index is 0.0498. The maximum atomic E-state index is 13.7. The van der Waals surface area contributed by atoms with E-state index in [9.17, 15) is 22.8 Å². The lowest BCUT2D eigenvalue weighted by Gasteiger charge is -2.13. The highest BCUT2D eigenvalue weighted by atomic mass is 35.5. The summed E-state index contributed by atoms with van der Waals surface area (Å²) in [5.74, 6) is -2.03. The second-order valence-corrected chi connectivity index (χ2v) is 7.62. The quantitative estimate of drug-likeness (QED) is 0.420. The first kappa shape index (κ1) is 22.4.